The van der Waals surface area contributed by atoms with E-state index in [1.165, 1.54) is 5.57 Å². The highest BCUT2D eigenvalue weighted by Gasteiger charge is 2.41. The average Bonchev–Trinajstić information content (AvgIpc) is 3.22. The topological polar surface area (TPSA) is 78.6 Å². The molecule has 0 saturated carbocycles. The third-order valence-corrected chi connectivity index (χ3v) is 7.37. The normalized spacial score (nSPS) is 22.5. The molecule has 0 spiro atoms. The Hall–Kier alpha value is -2.16. The number of hydrogen-bond donors (Lipinski definition) is 0. The van der Waals surface area contributed by atoms with Crippen molar-refractivity contribution in [3.63, 3.8) is 0 Å². The highest BCUT2D eigenvalue weighted by molar-refractivity contribution is 8.00. The van der Waals surface area contributed by atoms with Crippen LogP contribution >= 0.6 is 23.4 Å². The molecule has 0 fully saturated rings. The minimum Gasteiger partial charge on any atom is -0.460 e. The summed E-state index contributed by atoms with van der Waals surface area (Å²) in [4.78, 5) is 17.9. The molecule has 3 heterocycles. The molecule has 0 saturated heterocycles. The lowest BCUT2D eigenvalue weighted by atomic mass is 9.96. The molecule has 1 aromatic heterocycles. The molecule has 0 bridgehead atoms. The van der Waals surface area contributed by atoms with Crippen molar-refractivity contribution < 1.29 is 14.3 Å². The lowest BCUT2D eigenvalue weighted by Crippen LogP contribution is -2.25. The second-order valence-corrected chi connectivity index (χ2v) is 11.2. The van der Waals surface area contributed by atoms with E-state index in [1.807, 2.05) is 56.8 Å². The van der Waals surface area contributed by atoms with E-state index in [0.717, 1.165) is 16.8 Å². The van der Waals surface area contributed by atoms with Gasteiger partial charge in [-0.1, -0.05) is 29.3 Å². The van der Waals surface area contributed by atoms with Gasteiger partial charge in [-0.25, -0.2) is 0 Å². The fourth-order valence-electron chi connectivity index (χ4n) is 4.12. The van der Waals surface area contributed by atoms with Crippen LogP contribution in [0.2, 0.25) is 5.02 Å². The van der Waals surface area contributed by atoms with Gasteiger partial charge in [-0.05, 0) is 46.8 Å². The molecule has 0 radical (unpaired) electrons. The summed E-state index contributed by atoms with van der Waals surface area (Å²) < 4.78 is 13.1. The van der Waals surface area contributed by atoms with Gasteiger partial charge in [-0.3, -0.25) is 14.4 Å². The van der Waals surface area contributed by atoms with Crippen LogP contribution in [0, 0.1) is 0 Å². The van der Waals surface area contributed by atoms with E-state index in [1.54, 1.807) is 7.11 Å². The van der Waals surface area contributed by atoms with Gasteiger partial charge in [0.15, 0.2) is 11.6 Å². The number of carbonyl (C=O) groups is 1. The molecule has 2 aliphatic heterocycles. The van der Waals surface area contributed by atoms with Crippen LogP contribution in [0.15, 0.2) is 40.4 Å². The first kappa shape index (κ1) is 24.0. The minimum atomic E-state index is -0.583. The number of aliphatic imine (C=N–C) groups is 1. The monoisotopic (exact) mass is 488 g/mol. The van der Waals surface area contributed by atoms with E-state index < -0.39 is 11.6 Å². The first-order valence-corrected chi connectivity index (χ1v) is 12.3. The van der Waals surface area contributed by atoms with Crippen molar-refractivity contribution >= 4 is 35.0 Å². The van der Waals surface area contributed by atoms with Crippen molar-refractivity contribution in [1.82, 2.24) is 14.8 Å². The van der Waals surface area contributed by atoms with Gasteiger partial charge in [0.05, 0.1) is 12.1 Å². The van der Waals surface area contributed by atoms with Gasteiger partial charge in [0, 0.05) is 28.5 Å². The van der Waals surface area contributed by atoms with Crippen molar-refractivity contribution in [1.29, 1.82) is 0 Å². The SMILES string of the molecule is COCc1nnc2n1C1SC(C)C(C)=C1C(c1ccc(Cl)cc1)=N[C@H]2CC(=O)OC(C)(C)C. The number of carbonyl (C=O) groups excluding carboxylic acids is 1. The van der Waals surface area contributed by atoms with Crippen LogP contribution in [0.25, 0.3) is 0 Å². The Labute approximate surface area is 203 Å². The fourth-order valence-corrected chi connectivity index (χ4v) is 5.75. The Morgan fingerprint density at radius 2 is 1.91 bits per heavy atom. The maximum absolute atomic E-state index is 12.8. The molecule has 33 heavy (non-hydrogen) atoms. The number of esters is 1. The summed E-state index contributed by atoms with van der Waals surface area (Å²) in [5, 5.41) is 9.78. The molecule has 0 N–H and O–H groups in total. The molecule has 2 aliphatic rings. The molecule has 0 aliphatic carbocycles. The first-order chi connectivity index (χ1) is 15.6. The molecule has 176 valence electrons. The summed E-state index contributed by atoms with van der Waals surface area (Å²) in [5.74, 6) is 1.04. The van der Waals surface area contributed by atoms with Gasteiger partial charge in [0.25, 0.3) is 0 Å². The van der Waals surface area contributed by atoms with Crippen molar-refractivity contribution in [2.24, 2.45) is 4.99 Å². The van der Waals surface area contributed by atoms with Crippen LogP contribution in [0.5, 0.6) is 0 Å². The number of methoxy groups -OCH3 is 1. The fraction of sp³-hybridized carbons (Fsp3) is 0.500. The lowest BCUT2D eigenvalue weighted by Gasteiger charge is -2.21. The molecule has 1 aromatic carbocycles. The predicted molar refractivity (Wildman–Crippen MR) is 131 cm³/mol. The third kappa shape index (κ3) is 4.88. The second kappa shape index (κ2) is 9.24. The molecule has 9 heteroatoms. The Balaban J connectivity index is 1.88. The van der Waals surface area contributed by atoms with Crippen molar-refractivity contribution in [2.75, 3.05) is 7.11 Å². The highest BCUT2D eigenvalue weighted by atomic mass is 35.5. The quantitative estimate of drug-likeness (QED) is 0.531. The number of rotatable bonds is 5. The zero-order valence-electron chi connectivity index (χ0n) is 19.8. The molecule has 2 unspecified atom stereocenters. The Morgan fingerprint density at radius 3 is 2.55 bits per heavy atom. The van der Waals surface area contributed by atoms with Gasteiger partial charge >= 0.3 is 5.97 Å². The van der Waals surface area contributed by atoms with Crippen LogP contribution in [0.4, 0.5) is 0 Å². The summed E-state index contributed by atoms with van der Waals surface area (Å²) in [5.41, 5.74) is 3.60. The third-order valence-electron chi connectivity index (χ3n) is 5.65. The second-order valence-electron chi connectivity index (χ2n) is 9.30. The van der Waals surface area contributed by atoms with Crippen molar-refractivity contribution in [3.8, 4) is 0 Å². The molecular weight excluding hydrogens is 460 g/mol. The Bertz CT molecular complexity index is 1120. The number of nitrogens with zero attached hydrogens (tertiary/aromatic N) is 4. The summed E-state index contributed by atoms with van der Waals surface area (Å²) in [7, 11) is 1.64. The largest absolute Gasteiger partial charge is 0.460 e. The summed E-state index contributed by atoms with van der Waals surface area (Å²) >= 11 is 7.98. The first-order valence-electron chi connectivity index (χ1n) is 10.9. The van der Waals surface area contributed by atoms with Gasteiger partial charge in [0.2, 0.25) is 0 Å². The molecule has 7 nitrogen and oxygen atoms in total. The van der Waals surface area contributed by atoms with E-state index in [0.29, 0.717) is 28.5 Å². The van der Waals surface area contributed by atoms with E-state index in [4.69, 9.17) is 26.1 Å². The molecule has 2 aromatic rings. The summed E-state index contributed by atoms with van der Waals surface area (Å²) in [6, 6.07) is 7.13. The zero-order valence-corrected chi connectivity index (χ0v) is 21.3. The van der Waals surface area contributed by atoms with Crippen LogP contribution in [0.3, 0.4) is 0 Å². The van der Waals surface area contributed by atoms with Crippen LogP contribution in [0.1, 0.15) is 69.7 Å². The van der Waals surface area contributed by atoms with E-state index in [9.17, 15) is 4.79 Å². The maximum Gasteiger partial charge on any atom is 0.308 e. The number of aromatic nitrogens is 3. The maximum atomic E-state index is 12.8. The number of benzene rings is 1. The Morgan fingerprint density at radius 1 is 1.21 bits per heavy atom. The van der Waals surface area contributed by atoms with Crippen molar-refractivity contribution in [3.05, 3.63) is 57.6 Å². The van der Waals surface area contributed by atoms with Crippen molar-refractivity contribution in [2.45, 2.75) is 69.9 Å². The lowest BCUT2D eigenvalue weighted by molar-refractivity contribution is -0.155. The standard InChI is InChI=1S/C24H29ClN4O3S/c1-13-14(2)33-23-20(13)21(15-7-9-16(25)10-8-15)26-17(11-19(30)32-24(3,4)5)22-28-27-18(12-31-6)29(22)23/h7-10,14,17,23H,11-12H2,1-6H3/t14?,17-,23?/m0/s1. The van der Waals surface area contributed by atoms with Gasteiger partial charge in [-0.2, -0.15) is 0 Å². The van der Waals surface area contributed by atoms with Gasteiger partial charge < -0.3 is 9.47 Å². The highest BCUT2D eigenvalue weighted by Crippen LogP contribution is 2.50. The summed E-state index contributed by atoms with van der Waals surface area (Å²) in [6.07, 6.45) is 0.0682. The van der Waals surface area contributed by atoms with Crippen LogP contribution in [-0.4, -0.2) is 44.4 Å². The predicted octanol–water partition coefficient (Wildman–Crippen LogP) is 5.30. The molecular formula is C24H29ClN4O3S. The van der Waals surface area contributed by atoms with Gasteiger partial charge in [-0.15, -0.1) is 22.0 Å². The smallest absolute Gasteiger partial charge is 0.308 e. The molecule has 4 rings (SSSR count). The zero-order chi connectivity index (χ0) is 23.9. The number of fused-ring (bicyclic) bond motifs is 3. The van der Waals surface area contributed by atoms with Crippen LogP contribution < -0.4 is 0 Å². The number of thioether (sulfide) groups is 1. The van der Waals surface area contributed by atoms with Gasteiger partial charge in [0.1, 0.15) is 23.6 Å². The molecule has 0 amide bonds. The Kier molecular flexibility index (Phi) is 6.71. The number of halogens is 1. The summed E-state index contributed by atoms with van der Waals surface area (Å²) in [6.45, 7) is 10.2. The van der Waals surface area contributed by atoms with E-state index in [-0.39, 0.29) is 17.8 Å². The average molecular weight is 489 g/mol. The van der Waals surface area contributed by atoms with Crippen LogP contribution in [-0.2, 0) is 20.9 Å². The number of hydrogen-bond acceptors (Lipinski definition) is 7. The van der Waals surface area contributed by atoms with E-state index in [2.05, 4.69) is 28.6 Å². The molecule has 3 atom stereocenters. The number of ether oxygens (including phenoxy) is 2. The van der Waals surface area contributed by atoms with E-state index >= 15 is 0 Å². The minimum absolute atomic E-state index is 0.0618.